The second kappa shape index (κ2) is 7.63. The molecule has 1 heterocycles. The Bertz CT molecular complexity index is 229. The largest absolute Gasteiger partial charge is 0.479 e. The average molecular weight is 245 g/mol. The number of carboxylic acid groups (broad SMARTS) is 1. The lowest BCUT2D eigenvalue weighted by atomic mass is 10.1. The number of nitrogens with zero attached hydrogens (tertiary/aromatic N) is 1. The van der Waals surface area contributed by atoms with Crippen molar-refractivity contribution in [3.05, 3.63) is 0 Å². The van der Waals surface area contributed by atoms with E-state index in [9.17, 15) is 4.79 Å². The zero-order chi connectivity index (χ0) is 12.7. The number of ether oxygens (including phenoxy) is 2. The highest BCUT2D eigenvalue weighted by Crippen LogP contribution is 2.13. The second-order valence-corrected chi connectivity index (χ2v) is 4.40. The first kappa shape index (κ1) is 14.4. The van der Waals surface area contributed by atoms with Gasteiger partial charge in [0.2, 0.25) is 0 Å². The van der Waals surface area contributed by atoms with Gasteiger partial charge in [-0.25, -0.2) is 4.79 Å². The quantitative estimate of drug-likeness (QED) is 0.724. The van der Waals surface area contributed by atoms with E-state index in [4.69, 9.17) is 14.6 Å². The maximum atomic E-state index is 10.9. The average Bonchev–Trinajstić information content (AvgIpc) is 2.34. The Morgan fingerprint density at radius 1 is 1.53 bits per heavy atom. The Labute approximate surface area is 103 Å². The highest BCUT2D eigenvalue weighted by atomic mass is 16.5. The van der Waals surface area contributed by atoms with Gasteiger partial charge in [-0.2, -0.15) is 0 Å². The van der Waals surface area contributed by atoms with Gasteiger partial charge in [-0.15, -0.1) is 0 Å². The molecular formula is C12H23NO4. The third-order valence-corrected chi connectivity index (χ3v) is 3.20. The van der Waals surface area contributed by atoms with Crippen LogP contribution < -0.4 is 0 Å². The fourth-order valence-electron chi connectivity index (χ4n) is 2.11. The van der Waals surface area contributed by atoms with Gasteiger partial charge in [-0.1, -0.05) is 0 Å². The van der Waals surface area contributed by atoms with Crippen LogP contribution in [0.2, 0.25) is 0 Å². The van der Waals surface area contributed by atoms with E-state index in [1.165, 1.54) is 0 Å². The van der Waals surface area contributed by atoms with Crippen molar-refractivity contribution in [1.82, 2.24) is 4.90 Å². The molecule has 5 heteroatoms. The van der Waals surface area contributed by atoms with Gasteiger partial charge in [0.05, 0.1) is 0 Å². The molecule has 1 atom stereocenters. The Balaban J connectivity index is 2.29. The van der Waals surface area contributed by atoms with Crippen molar-refractivity contribution < 1.29 is 19.4 Å². The second-order valence-electron chi connectivity index (χ2n) is 4.40. The number of rotatable bonds is 7. The van der Waals surface area contributed by atoms with Crippen molar-refractivity contribution in [2.75, 3.05) is 33.4 Å². The molecule has 1 saturated heterocycles. The molecule has 100 valence electrons. The summed E-state index contributed by atoms with van der Waals surface area (Å²) in [6, 6.07) is 0.514. The van der Waals surface area contributed by atoms with E-state index >= 15 is 0 Å². The molecule has 0 saturated carbocycles. The van der Waals surface area contributed by atoms with E-state index in [1.54, 1.807) is 0 Å². The predicted octanol–water partition coefficient (Wildman–Crippen LogP) is 0.977. The molecule has 1 N–H and O–H groups in total. The third kappa shape index (κ3) is 5.02. The molecule has 1 unspecified atom stereocenters. The molecule has 1 aliphatic heterocycles. The molecule has 1 fully saturated rings. The van der Waals surface area contributed by atoms with Crippen molar-refractivity contribution in [2.45, 2.75) is 38.3 Å². The number of hydrogen-bond acceptors (Lipinski definition) is 4. The van der Waals surface area contributed by atoms with Gasteiger partial charge in [0.1, 0.15) is 0 Å². The molecule has 0 amide bonds. The van der Waals surface area contributed by atoms with Gasteiger partial charge in [0.15, 0.2) is 6.10 Å². The van der Waals surface area contributed by atoms with Crippen LogP contribution in [-0.2, 0) is 14.3 Å². The molecule has 0 radical (unpaired) electrons. The lowest BCUT2D eigenvalue weighted by molar-refractivity contribution is -0.150. The minimum atomic E-state index is -0.868. The summed E-state index contributed by atoms with van der Waals surface area (Å²) >= 11 is 0. The van der Waals surface area contributed by atoms with Gasteiger partial charge >= 0.3 is 5.97 Å². The molecule has 0 aromatic carbocycles. The number of aliphatic carboxylic acids is 1. The first-order valence-electron chi connectivity index (χ1n) is 6.27. The van der Waals surface area contributed by atoms with Crippen molar-refractivity contribution in [1.29, 1.82) is 0 Å². The Kier molecular flexibility index (Phi) is 6.47. The zero-order valence-electron chi connectivity index (χ0n) is 10.7. The summed E-state index contributed by atoms with van der Waals surface area (Å²) in [6.45, 7) is 4.63. The standard InChI is InChI=1S/C12H23NO4/c1-3-17-11(12(14)15)4-7-13(2)10-5-8-16-9-6-10/h10-11H,3-9H2,1-2H3,(H,14,15). The first-order valence-corrected chi connectivity index (χ1v) is 6.27. The molecule has 5 nitrogen and oxygen atoms in total. The summed E-state index contributed by atoms with van der Waals surface area (Å²) in [5.41, 5.74) is 0. The molecule has 0 aromatic heterocycles. The van der Waals surface area contributed by atoms with Crippen LogP contribution in [0.25, 0.3) is 0 Å². The van der Waals surface area contributed by atoms with Crippen LogP contribution in [0.3, 0.4) is 0 Å². The normalized spacial score (nSPS) is 19.5. The molecule has 17 heavy (non-hydrogen) atoms. The van der Waals surface area contributed by atoms with Crippen LogP contribution >= 0.6 is 0 Å². The summed E-state index contributed by atoms with van der Waals surface area (Å²) in [5.74, 6) is -0.868. The summed E-state index contributed by atoms with van der Waals surface area (Å²) < 4.78 is 10.5. The Morgan fingerprint density at radius 3 is 2.71 bits per heavy atom. The van der Waals surface area contributed by atoms with Gasteiger partial charge in [-0.3, -0.25) is 0 Å². The molecule has 1 rings (SSSR count). The van der Waals surface area contributed by atoms with Gasteiger partial charge in [0.25, 0.3) is 0 Å². The zero-order valence-corrected chi connectivity index (χ0v) is 10.7. The number of carbonyl (C=O) groups is 1. The lowest BCUT2D eigenvalue weighted by Gasteiger charge is -2.31. The van der Waals surface area contributed by atoms with E-state index in [2.05, 4.69) is 4.90 Å². The van der Waals surface area contributed by atoms with Crippen LogP contribution in [0.1, 0.15) is 26.2 Å². The highest BCUT2D eigenvalue weighted by molar-refractivity contribution is 5.72. The summed E-state index contributed by atoms with van der Waals surface area (Å²) in [7, 11) is 2.04. The molecule has 1 aliphatic rings. The predicted molar refractivity (Wildman–Crippen MR) is 64.1 cm³/mol. The van der Waals surface area contributed by atoms with Crippen LogP contribution in [0, 0.1) is 0 Å². The SMILES string of the molecule is CCOC(CCN(C)C1CCOCC1)C(=O)O. The highest BCUT2D eigenvalue weighted by Gasteiger charge is 2.22. The van der Waals surface area contributed by atoms with Crippen LogP contribution in [0.5, 0.6) is 0 Å². The van der Waals surface area contributed by atoms with Gasteiger partial charge in [0, 0.05) is 32.4 Å². The van der Waals surface area contributed by atoms with Crippen LogP contribution in [0.15, 0.2) is 0 Å². The summed E-state index contributed by atoms with van der Waals surface area (Å²) in [6.07, 6.45) is 1.92. The van der Waals surface area contributed by atoms with E-state index in [1.807, 2.05) is 14.0 Å². The van der Waals surface area contributed by atoms with Crippen molar-refractivity contribution in [3.63, 3.8) is 0 Å². The maximum absolute atomic E-state index is 10.9. The fourth-order valence-corrected chi connectivity index (χ4v) is 2.11. The maximum Gasteiger partial charge on any atom is 0.332 e. The Hall–Kier alpha value is -0.650. The topological polar surface area (TPSA) is 59.0 Å². The van der Waals surface area contributed by atoms with Crippen molar-refractivity contribution in [2.24, 2.45) is 0 Å². The fraction of sp³-hybridized carbons (Fsp3) is 0.917. The minimum absolute atomic E-state index is 0.442. The number of carboxylic acids is 1. The molecular weight excluding hydrogens is 222 g/mol. The van der Waals surface area contributed by atoms with Gasteiger partial charge < -0.3 is 19.5 Å². The van der Waals surface area contributed by atoms with Crippen LogP contribution in [0.4, 0.5) is 0 Å². The lowest BCUT2D eigenvalue weighted by Crippen LogP contribution is -2.39. The van der Waals surface area contributed by atoms with E-state index < -0.39 is 12.1 Å². The summed E-state index contributed by atoms with van der Waals surface area (Å²) in [4.78, 5) is 13.1. The van der Waals surface area contributed by atoms with Gasteiger partial charge in [-0.05, 0) is 33.2 Å². The smallest absolute Gasteiger partial charge is 0.332 e. The van der Waals surface area contributed by atoms with Crippen LogP contribution in [-0.4, -0.2) is 61.5 Å². The Morgan fingerprint density at radius 2 is 2.18 bits per heavy atom. The molecule has 0 bridgehead atoms. The van der Waals surface area contributed by atoms with Crippen molar-refractivity contribution in [3.8, 4) is 0 Å². The third-order valence-electron chi connectivity index (χ3n) is 3.20. The first-order chi connectivity index (χ1) is 8.15. The minimum Gasteiger partial charge on any atom is -0.479 e. The number of hydrogen-bond donors (Lipinski definition) is 1. The van der Waals surface area contributed by atoms with E-state index in [0.29, 0.717) is 19.1 Å². The molecule has 0 aromatic rings. The van der Waals surface area contributed by atoms with E-state index in [0.717, 1.165) is 32.6 Å². The van der Waals surface area contributed by atoms with E-state index in [-0.39, 0.29) is 0 Å². The monoisotopic (exact) mass is 245 g/mol. The summed E-state index contributed by atoms with van der Waals surface area (Å²) in [5, 5.41) is 8.96. The molecule has 0 spiro atoms. The van der Waals surface area contributed by atoms with Crippen molar-refractivity contribution >= 4 is 5.97 Å². The molecule has 0 aliphatic carbocycles.